The van der Waals surface area contributed by atoms with E-state index in [1.165, 1.54) is 0 Å². The van der Waals surface area contributed by atoms with Crippen LogP contribution in [-0.2, 0) is 11.3 Å². The van der Waals surface area contributed by atoms with E-state index in [4.69, 9.17) is 9.15 Å². The number of ether oxygens (including phenoxy) is 1. The monoisotopic (exact) mass is 271 g/mol. The lowest BCUT2D eigenvalue weighted by Crippen LogP contribution is -2.28. The Morgan fingerprint density at radius 3 is 2.80 bits per heavy atom. The second-order valence-corrected chi connectivity index (χ2v) is 4.34. The number of alkyl carbamates (subject to hydrolysis) is 1. The number of amides is 1. The van der Waals surface area contributed by atoms with E-state index in [9.17, 15) is 4.79 Å². The number of benzene rings is 1. The van der Waals surface area contributed by atoms with E-state index in [1.807, 2.05) is 36.4 Å². The largest absolute Gasteiger partial charge is 0.472 e. The highest BCUT2D eigenvalue weighted by Crippen LogP contribution is 2.17. The van der Waals surface area contributed by atoms with Gasteiger partial charge in [-0.3, -0.25) is 0 Å². The molecule has 2 rings (SSSR count). The summed E-state index contributed by atoms with van der Waals surface area (Å²) in [6.07, 6.45) is 5.07. The van der Waals surface area contributed by atoms with Crippen LogP contribution in [0.1, 0.15) is 23.6 Å². The van der Waals surface area contributed by atoms with Gasteiger partial charge in [0.05, 0.1) is 18.6 Å². The van der Waals surface area contributed by atoms with Crippen molar-refractivity contribution >= 4 is 6.09 Å². The van der Waals surface area contributed by atoms with E-state index >= 15 is 0 Å². The van der Waals surface area contributed by atoms with E-state index < -0.39 is 6.09 Å². The second-order valence-electron chi connectivity index (χ2n) is 4.34. The second kappa shape index (κ2) is 7.19. The fourth-order valence-corrected chi connectivity index (χ4v) is 1.83. The van der Waals surface area contributed by atoms with Gasteiger partial charge in [-0.1, -0.05) is 36.4 Å². The lowest BCUT2D eigenvalue weighted by molar-refractivity contribution is 0.135. The predicted octanol–water partition coefficient (Wildman–Crippen LogP) is 3.82. The summed E-state index contributed by atoms with van der Waals surface area (Å²) in [5, 5.41) is 2.80. The molecule has 0 fully saturated rings. The summed E-state index contributed by atoms with van der Waals surface area (Å²) in [4.78, 5) is 11.8. The van der Waals surface area contributed by atoms with Crippen LogP contribution >= 0.6 is 0 Å². The van der Waals surface area contributed by atoms with Crippen LogP contribution in [0.3, 0.4) is 0 Å². The minimum atomic E-state index is -0.457. The van der Waals surface area contributed by atoms with Crippen molar-refractivity contribution in [2.75, 3.05) is 0 Å². The normalized spacial score (nSPS) is 11.6. The van der Waals surface area contributed by atoms with Gasteiger partial charge in [0.15, 0.2) is 0 Å². The number of hydrogen-bond donors (Lipinski definition) is 1. The van der Waals surface area contributed by atoms with Crippen molar-refractivity contribution < 1.29 is 13.9 Å². The van der Waals surface area contributed by atoms with Crippen LogP contribution in [0.5, 0.6) is 0 Å². The average Bonchev–Trinajstić information content (AvgIpc) is 3.00. The molecule has 104 valence electrons. The summed E-state index contributed by atoms with van der Waals surface area (Å²) in [5.74, 6) is 0. The first-order valence-electron chi connectivity index (χ1n) is 6.40. The summed E-state index contributed by atoms with van der Waals surface area (Å²) in [6, 6.07) is 11.2. The van der Waals surface area contributed by atoms with Gasteiger partial charge in [0.1, 0.15) is 6.61 Å². The summed E-state index contributed by atoms with van der Waals surface area (Å²) in [7, 11) is 0. The quantitative estimate of drug-likeness (QED) is 0.812. The molecule has 1 heterocycles. The number of hydrogen-bond acceptors (Lipinski definition) is 3. The minimum absolute atomic E-state index is 0.186. The van der Waals surface area contributed by atoms with E-state index in [0.717, 1.165) is 11.1 Å². The Bertz CT molecular complexity index is 534. The summed E-state index contributed by atoms with van der Waals surface area (Å²) in [5.41, 5.74) is 1.84. The van der Waals surface area contributed by atoms with Gasteiger partial charge in [0, 0.05) is 5.56 Å². The molecule has 0 aliphatic carbocycles. The molecule has 4 nitrogen and oxygen atoms in total. The van der Waals surface area contributed by atoms with Crippen LogP contribution in [0.4, 0.5) is 4.79 Å². The standard InChI is InChI=1S/C16H17NO3/c1-2-6-15(14-9-10-19-12-14)17-16(18)20-11-13-7-4-3-5-8-13/h2-5,7-10,12,15H,1,6,11H2,(H,17,18). The molecule has 1 aromatic heterocycles. The number of rotatable bonds is 6. The highest BCUT2D eigenvalue weighted by Gasteiger charge is 2.15. The maximum Gasteiger partial charge on any atom is 0.407 e. The fraction of sp³-hybridized carbons (Fsp3) is 0.188. The Balaban J connectivity index is 1.87. The highest BCUT2D eigenvalue weighted by atomic mass is 16.5. The Morgan fingerprint density at radius 2 is 2.15 bits per heavy atom. The topological polar surface area (TPSA) is 51.5 Å². The van der Waals surface area contributed by atoms with Crippen LogP contribution in [0, 0.1) is 0 Å². The third-order valence-electron chi connectivity index (χ3n) is 2.85. The van der Waals surface area contributed by atoms with Crippen LogP contribution in [0.15, 0.2) is 66.0 Å². The van der Waals surface area contributed by atoms with Crippen molar-refractivity contribution in [1.29, 1.82) is 0 Å². The molecular formula is C16H17NO3. The number of nitrogens with one attached hydrogen (secondary N) is 1. The van der Waals surface area contributed by atoms with Gasteiger partial charge in [0.2, 0.25) is 0 Å². The van der Waals surface area contributed by atoms with Crippen molar-refractivity contribution in [2.45, 2.75) is 19.1 Å². The molecule has 0 spiro atoms. The van der Waals surface area contributed by atoms with Gasteiger partial charge < -0.3 is 14.5 Å². The first kappa shape index (κ1) is 13.9. The van der Waals surface area contributed by atoms with Gasteiger partial charge in [0.25, 0.3) is 0 Å². The van der Waals surface area contributed by atoms with Crippen molar-refractivity contribution in [3.63, 3.8) is 0 Å². The number of furan rings is 1. The number of carbonyl (C=O) groups is 1. The van der Waals surface area contributed by atoms with Gasteiger partial charge in [-0.15, -0.1) is 6.58 Å². The zero-order chi connectivity index (χ0) is 14.2. The van der Waals surface area contributed by atoms with Crippen LogP contribution in [0.2, 0.25) is 0 Å². The molecule has 2 aromatic rings. The molecule has 1 amide bonds. The molecule has 4 heteroatoms. The zero-order valence-electron chi connectivity index (χ0n) is 11.1. The van der Waals surface area contributed by atoms with Gasteiger partial charge in [-0.05, 0) is 18.1 Å². The third kappa shape index (κ3) is 4.02. The average molecular weight is 271 g/mol. The van der Waals surface area contributed by atoms with Crippen LogP contribution in [0.25, 0.3) is 0 Å². The van der Waals surface area contributed by atoms with Crippen LogP contribution in [-0.4, -0.2) is 6.09 Å². The van der Waals surface area contributed by atoms with Gasteiger partial charge in [-0.25, -0.2) is 4.79 Å². The van der Waals surface area contributed by atoms with E-state index in [-0.39, 0.29) is 12.6 Å². The van der Waals surface area contributed by atoms with E-state index in [0.29, 0.717) is 6.42 Å². The molecule has 20 heavy (non-hydrogen) atoms. The first-order chi connectivity index (χ1) is 9.79. The SMILES string of the molecule is C=CCC(NC(=O)OCc1ccccc1)c1ccoc1. The molecule has 0 saturated heterocycles. The summed E-state index contributed by atoms with van der Waals surface area (Å²) < 4.78 is 10.2. The Kier molecular flexibility index (Phi) is 5.00. The molecular weight excluding hydrogens is 254 g/mol. The summed E-state index contributed by atoms with van der Waals surface area (Å²) in [6.45, 7) is 3.94. The Morgan fingerprint density at radius 1 is 1.35 bits per heavy atom. The van der Waals surface area contributed by atoms with Crippen molar-refractivity contribution in [1.82, 2.24) is 5.32 Å². The van der Waals surface area contributed by atoms with Crippen LogP contribution < -0.4 is 5.32 Å². The van der Waals surface area contributed by atoms with Crippen molar-refractivity contribution in [2.24, 2.45) is 0 Å². The molecule has 0 radical (unpaired) electrons. The smallest absolute Gasteiger partial charge is 0.407 e. The maximum atomic E-state index is 11.8. The molecule has 0 bridgehead atoms. The lowest BCUT2D eigenvalue weighted by Gasteiger charge is -2.15. The summed E-state index contributed by atoms with van der Waals surface area (Å²) >= 11 is 0. The lowest BCUT2D eigenvalue weighted by atomic mass is 10.1. The minimum Gasteiger partial charge on any atom is -0.472 e. The Labute approximate surface area is 118 Å². The molecule has 1 N–H and O–H groups in total. The molecule has 0 aliphatic rings. The predicted molar refractivity (Wildman–Crippen MR) is 76.0 cm³/mol. The number of carbonyl (C=O) groups excluding carboxylic acids is 1. The van der Waals surface area contributed by atoms with Gasteiger partial charge >= 0.3 is 6.09 Å². The molecule has 1 unspecified atom stereocenters. The van der Waals surface area contributed by atoms with E-state index in [1.54, 1.807) is 18.6 Å². The highest BCUT2D eigenvalue weighted by molar-refractivity contribution is 5.67. The van der Waals surface area contributed by atoms with E-state index in [2.05, 4.69) is 11.9 Å². The van der Waals surface area contributed by atoms with Gasteiger partial charge in [-0.2, -0.15) is 0 Å². The molecule has 0 aliphatic heterocycles. The maximum absolute atomic E-state index is 11.8. The third-order valence-corrected chi connectivity index (χ3v) is 2.85. The van der Waals surface area contributed by atoms with Crippen molar-refractivity contribution in [3.8, 4) is 0 Å². The molecule has 1 atom stereocenters. The zero-order valence-corrected chi connectivity index (χ0v) is 11.1. The first-order valence-corrected chi connectivity index (χ1v) is 6.40. The Hall–Kier alpha value is -2.49. The van der Waals surface area contributed by atoms with Crippen molar-refractivity contribution in [3.05, 3.63) is 72.7 Å². The fourth-order valence-electron chi connectivity index (χ4n) is 1.83. The molecule has 0 saturated carbocycles. The molecule has 1 aromatic carbocycles.